The van der Waals surface area contributed by atoms with Gasteiger partial charge in [-0.3, -0.25) is 9.59 Å². The number of hydrogen-bond acceptors (Lipinski definition) is 20. The molecule has 4 saturated carbocycles. The van der Waals surface area contributed by atoms with Crippen LogP contribution in [0.15, 0.2) is 23.3 Å². The van der Waals surface area contributed by atoms with E-state index in [2.05, 4.69) is 19.9 Å². The number of carbonyl (C=O) groups excluding carboxylic acids is 4. The first-order valence-corrected chi connectivity index (χ1v) is 25.9. The SMILES string of the molecule is C/C=C(/C)C(=O)O[C@H]1[C@H](OC(=O)[C@H](C)CC)[C@]2(CO)[C@H](O)[C@H](O)[C@]3(C)C(=CC[C@@H]4[C@@]5(C)CC[C@H](O[C@@H]6O[C@H](C(=O)OC)[C@@H](O)[C@H](O[C@@H]7OC[C@H](O)[C@H](O)[C@H]7O)[C@H]6O)[C@@](C)(C(=O)OC)[C@@H]5CC[C@]43C)[C@@H]2CC1(C)C. The standard InChI is InChI=1S/C53H82O20/c1-13-24(3)42(62)72-40-41(73-43(63)25(4)14-2)53(23-54)27(21-48(40,5)6)26-15-16-29-49(7)19-18-31(51(9,47(65)67-12)30(49)17-20-50(29,8)52(26,10)38(60)39(53)61)69-46-35(59)36(34(58)37(71-46)44(64)66-11)70-45-33(57)32(56)28(55)22-68-45/h13,15,25,27-41,45-46,54-61H,14,16-23H2,1-12H3/b24-13-/t25-,27+,28+,29-,30-,31+,32+,33-,34+,35-,36+,37+,38+,39-,40+,41+,45+,46-,49-,50-,51+,52+,53+/m1/s1. The Balaban J connectivity index is 1.25. The van der Waals surface area contributed by atoms with Gasteiger partial charge in [-0.15, -0.1) is 0 Å². The minimum absolute atomic E-state index is 0.183. The van der Waals surface area contributed by atoms with E-state index in [-0.39, 0.29) is 18.8 Å². The number of aliphatic hydroxyl groups is 8. The Morgan fingerprint density at radius 3 is 2.10 bits per heavy atom. The van der Waals surface area contributed by atoms with Crippen LogP contribution < -0.4 is 0 Å². The fourth-order valence-corrected chi connectivity index (χ4v) is 15.0. The first-order chi connectivity index (χ1) is 34.1. The predicted molar refractivity (Wildman–Crippen MR) is 255 cm³/mol. The normalized spacial score (nSPS) is 47.8. The number of aliphatic hydroxyl groups excluding tert-OH is 8. The Morgan fingerprint density at radius 2 is 1.49 bits per heavy atom. The van der Waals surface area contributed by atoms with Crippen LogP contribution in [-0.2, 0) is 57.1 Å². The molecule has 0 radical (unpaired) electrons. The van der Waals surface area contributed by atoms with E-state index < -0.39 is 173 Å². The topological polar surface area (TPSA) is 304 Å². The molecule has 2 heterocycles. The predicted octanol–water partition coefficient (Wildman–Crippen LogP) is 1.76. The molecular weight excluding hydrogens is 957 g/mol. The summed E-state index contributed by atoms with van der Waals surface area (Å²) in [5.74, 6) is -4.85. The third-order valence-corrected chi connectivity index (χ3v) is 19.9. The molecule has 20 nitrogen and oxygen atoms in total. The summed E-state index contributed by atoms with van der Waals surface area (Å²) in [5, 5.41) is 91.9. The monoisotopic (exact) mass is 1040 g/mol. The van der Waals surface area contributed by atoms with Crippen molar-refractivity contribution in [2.75, 3.05) is 27.4 Å². The van der Waals surface area contributed by atoms with Crippen LogP contribution in [0.1, 0.15) is 114 Å². The fraction of sp³-hybridized carbons (Fsp3) is 0.849. The van der Waals surface area contributed by atoms with E-state index >= 15 is 0 Å². The smallest absolute Gasteiger partial charge is 0.337 e. The van der Waals surface area contributed by atoms with Crippen molar-refractivity contribution in [1.82, 2.24) is 0 Å². The first-order valence-electron chi connectivity index (χ1n) is 25.9. The summed E-state index contributed by atoms with van der Waals surface area (Å²) in [6.45, 7) is 17.4. The number of fused-ring (bicyclic) bond motifs is 7. The number of rotatable bonds is 12. The van der Waals surface area contributed by atoms with E-state index in [4.69, 9.17) is 37.9 Å². The van der Waals surface area contributed by atoms with Gasteiger partial charge in [0.2, 0.25) is 0 Å². The molecule has 8 N–H and O–H groups in total. The van der Waals surface area contributed by atoms with Crippen LogP contribution in [0.5, 0.6) is 0 Å². The Labute approximate surface area is 427 Å². The zero-order valence-corrected chi connectivity index (χ0v) is 44.4. The molecule has 0 spiro atoms. The van der Waals surface area contributed by atoms with Gasteiger partial charge in [0.25, 0.3) is 0 Å². The molecule has 5 aliphatic carbocycles. The van der Waals surface area contributed by atoms with E-state index in [1.165, 1.54) is 7.11 Å². The Morgan fingerprint density at radius 1 is 0.822 bits per heavy atom. The van der Waals surface area contributed by atoms with E-state index in [0.717, 1.165) is 12.7 Å². The van der Waals surface area contributed by atoms with Crippen molar-refractivity contribution in [3.63, 3.8) is 0 Å². The molecule has 73 heavy (non-hydrogen) atoms. The molecular formula is C53H82O20. The number of methoxy groups -OCH3 is 2. The second-order valence-electron chi connectivity index (χ2n) is 23.8. The summed E-state index contributed by atoms with van der Waals surface area (Å²) in [6.07, 6.45) is -16.1. The highest BCUT2D eigenvalue weighted by atomic mass is 16.7. The number of carbonyl (C=O) groups is 4. The fourth-order valence-electron chi connectivity index (χ4n) is 15.0. The maximum Gasteiger partial charge on any atom is 0.337 e. The van der Waals surface area contributed by atoms with E-state index in [0.29, 0.717) is 37.7 Å². The van der Waals surface area contributed by atoms with Gasteiger partial charge in [-0.25, -0.2) is 9.59 Å². The number of ether oxygens (including phenoxy) is 8. The van der Waals surface area contributed by atoms with Gasteiger partial charge in [-0.2, -0.15) is 0 Å². The summed E-state index contributed by atoms with van der Waals surface area (Å²) >= 11 is 0. The highest BCUT2D eigenvalue weighted by molar-refractivity contribution is 5.88. The third-order valence-electron chi connectivity index (χ3n) is 19.9. The van der Waals surface area contributed by atoms with Crippen molar-refractivity contribution < 1.29 is 97.9 Å². The summed E-state index contributed by atoms with van der Waals surface area (Å²) in [7, 11) is 2.33. The molecule has 2 saturated heterocycles. The van der Waals surface area contributed by atoms with Gasteiger partial charge in [0.15, 0.2) is 24.8 Å². The molecule has 7 rings (SSSR count). The highest BCUT2D eigenvalue weighted by Crippen LogP contribution is 2.76. The summed E-state index contributed by atoms with van der Waals surface area (Å²) in [6, 6.07) is 0. The van der Waals surface area contributed by atoms with Crippen LogP contribution in [0.25, 0.3) is 0 Å². The molecule has 0 aromatic carbocycles. The molecule has 414 valence electrons. The molecule has 2 aliphatic heterocycles. The molecule has 20 heteroatoms. The van der Waals surface area contributed by atoms with Crippen molar-refractivity contribution in [2.45, 2.75) is 200 Å². The van der Waals surface area contributed by atoms with E-state index in [1.807, 2.05) is 27.7 Å². The van der Waals surface area contributed by atoms with Crippen LogP contribution in [0, 0.1) is 56.2 Å². The lowest BCUT2D eigenvalue weighted by atomic mass is 9.32. The van der Waals surface area contributed by atoms with Gasteiger partial charge in [-0.05, 0) is 94.3 Å². The van der Waals surface area contributed by atoms with Crippen LogP contribution in [0.2, 0.25) is 0 Å². The largest absolute Gasteiger partial charge is 0.469 e. The Kier molecular flexibility index (Phi) is 16.3. The second-order valence-corrected chi connectivity index (χ2v) is 23.8. The minimum atomic E-state index is -1.90. The van der Waals surface area contributed by atoms with Gasteiger partial charge >= 0.3 is 23.9 Å². The van der Waals surface area contributed by atoms with E-state index in [1.54, 1.807) is 33.8 Å². The van der Waals surface area contributed by atoms with Crippen molar-refractivity contribution in [3.05, 3.63) is 23.3 Å². The van der Waals surface area contributed by atoms with Crippen molar-refractivity contribution in [2.24, 2.45) is 56.2 Å². The van der Waals surface area contributed by atoms with Gasteiger partial charge in [-0.1, -0.05) is 66.2 Å². The summed E-state index contributed by atoms with van der Waals surface area (Å²) in [4.78, 5) is 55.0. The van der Waals surface area contributed by atoms with Gasteiger partial charge in [0.05, 0.1) is 62.5 Å². The number of esters is 4. The molecule has 0 bridgehead atoms. The maximum atomic E-state index is 14.5. The quantitative estimate of drug-likeness (QED) is 0.0454. The Bertz CT molecular complexity index is 2150. The molecule has 0 aromatic heterocycles. The van der Waals surface area contributed by atoms with Gasteiger partial charge in [0.1, 0.15) is 42.7 Å². The zero-order chi connectivity index (χ0) is 54.3. The zero-order valence-electron chi connectivity index (χ0n) is 44.4. The average molecular weight is 1040 g/mol. The Hall–Kier alpha value is -3.12. The second kappa shape index (κ2) is 20.7. The van der Waals surface area contributed by atoms with Crippen LogP contribution in [0.4, 0.5) is 0 Å². The third kappa shape index (κ3) is 8.73. The van der Waals surface area contributed by atoms with Crippen LogP contribution in [-0.4, -0.2) is 178 Å². The molecule has 23 atom stereocenters. The lowest BCUT2D eigenvalue weighted by molar-refractivity contribution is -0.357. The van der Waals surface area contributed by atoms with Crippen molar-refractivity contribution in [3.8, 4) is 0 Å². The molecule has 0 unspecified atom stereocenters. The van der Waals surface area contributed by atoms with Crippen molar-refractivity contribution >= 4 is 23.9 Å². The van der Waals surface area contributed by atoms with E-state index in [9.17, 15) is 60.0 Å². The molecule has 0 amide bonds. The molecule has 6 fully saturated rings. The van der Waals surface area contributed by atoms with Crippen LogP contribution >= 0.6 is 0 Å². The maximum absolute atomic E-state index is 14.5. The minimum Gasteiger partial charge on any atom is -0.469 e. The van der Waals surface area contributed by atoms with Crippen molar-refractivity contribution in [1.29, 1.82) is 0 Å². The number of hydrogen-bond donors (Lipinski definition) is 8. The molecule has 0 aromatic rings. The first kappa shape index (κ1) is 57.6. The highest BCUT2D eigenvalue weighted by Gasteiger charge is 2.77. The summed E-state index contributed by atoms with van der Waals surface area (Å²) < 4.78 is 46.8. The van der Waals surface area contributed by atoms with Gasteiger partial charge in [0, 0.05) is 16.4 Å². The average Bonchev–Trinajstić information content (AvgIpc) is 3.36. The van der Waals surface area contributed by atoms with Gasteiger partial charge < -0.3 is 78.7 Å². The molecule has 7 aliphatic rings. The summed E-state index contributed by atoms with van der Waals surface area (Å²) in [5.41, 5.74) is -5.54. The number of allylic oxidation sites excluding steroid dienone is 2. The lowest BCUT2D eigenvalue weighted by Gasteiger charge is -2.73. The van der Waals surface area contributed by atoms with Crippen LogP contribution in [0.3, 0.4) is 0 Å². The lowest BCUT2D eigenvalue weighted by Crippen LogP contribution is -2.76.